The molecule has 9 heavy (non-hydrogen) atoms. The Morgan fingerprint density at radius 2 is 2.56 bits per heavy atom. The quantitative estimate of drug-likeness (QED) is 0.450. The van der Waals surface area contributed by atoms with Crippen LogP contribution in [0.3, 0.4) is 0 Å². The van der Waals surface area contributed by atoms with Crippen LogP contribution >= 0.6 is 0 Å². The van der Waals surface area contributed by atoms with Gasteiger partial charge in [-0.2, -0.15) is 0 Å². The molecule has 0 unspecified atom stereocenters. The first kappa shape index (κ1) is 6.35. The predicted octanol–water partition coefficient (Wildman–Crippen LogP) is -0.965. The maximum atomic E-state index is 10.1. The summed E-state index contributed by atoms with van der Waals surface area (Å²) < 4.78 is 0. The van der Waals surface area contributed by atoms with E-state index in [2.05, 4.69) is 5.32 Å². The fourth-order valence-electron chi connectivity index (χ4n) is 0.809. The van der Waals surface area contributed by atoms with E-state index in [4.69, 9.17) is 10.8 Å². The number of hydrogen-bond acceptors (Lipinski definition) is 2. The molecule has 1 saturated carbocycles. The third-order valence-electron chi connectivity index (χ3n) is 1.48. The second kappa shape index (κ2) is 2.23. The van der Waals surface area contributed by atoms with E-state index >= 15 is 0 Å². The van der Waals surface area contributed by atoms with Gasteiger partial charge < -0.3 is 16.2 Å². The van der Waals surface area contributed by atoms with Crippen molar-refractivity contribution in [3.8, 4) is 0 Å². The first-order valence-corrected chi connectivity index (χ1v) is 2.91. The average Bonchev–Trinajstić information content (AvgIpc) is 2.45. The van der Waals surface area contributed by atoms with Gasteiger partial charge in [0.05, 0.1) is 0 Å². The van der Waals surface area contributed by atoms with Crippen LogP contribution in [0.4, 0.5) is 4.79 Å². The number of aliphatic hydroxyl groups excluding tert-OH is 1. The monoisotopic (exact) mass is 130 g/mol. The van der Waals surface area contributed by atoms with Crippen molar-refractivity contribution in [3.05, 3.63) is 0 Å². The summed E-state index contributed by atoms with van der Waals surface area (Å²) in [5.74, 6) is 0.248. The van der Waals surface area contributed by atoms with Crippen molar-refractivity contribution in [1.82, 2.24) is 5.32 Å². The number of carbonyl (C=O) groups excluding carboxylic acids is 1. The van der Waals surface area contributed by atoms with Gasteiger partial charge in [0, 0.05) is 18.6 Å². The number of nitrogens with two attached hydrogens (primary N) is 1. The summed E-state index contributed by atoms with van der Waals surface area (Å²) in [5, 5.41) is 11.0. The molecule has 0 aromatic heterocycles. The molecule has 0 aliphatic heterocycles. The molecule has 52 valence electrons. The summed E-state index contributed by atoms with van der Waals surface area (Å²) in [4.78, 5) is 10.1. The lowest BCUT2D eigenvalue weighted by atomic mass is 10.4. The molecule has 1 fully saturated rings. The normalized spacial score (nSPS) is 31.7. The molecule has 4 nitrogen and oxygen atoms in total. The van der Waals surface area contributed by atoms with Gasteiger partial charge in [-0.25, -0.2) is 4.79 Å². The Morgan fingerprint density at radius 1 is 1.89 bits per heavy atom. The van der Waals surface area contributed by atoms with Gasteiger partial charge in [-0.15, -0.1) is 0 Å². The number of amides is 2. The lowest BCUT2D eigenvalue weighted by molar-refractivity contribution is 0.244. The SMILES string of the molecule is NC(=O)N[C@H]1C[C@H]1CO. The zero-order valence-electron chi connectivity index (χ0n) is 5.00. The number of carbonyl (C=O) groups is 1. The van der Waals surface area contributed by atoms with Crippen molar-refractivity contribution in [3.63, 3.8) is 0 Å². The highest BCUT2D eigenvalue weighted by molar-refractivity contribution is 5.72. The molecule has 4 N–H and O–H groups in total. The molecule has 0 bridgehead atoms. The van der Waals surface area contributed by atoms with E-state index < -0.39 is 6.03 Å². The number of rotatable bonds is 2. The Morgan fingerprint density at radius 3 is 2.89 bits per heavy atom. The molecule has 0 heterocycles. The van der Waals surface area contributed by atoms with Gasteiger partial charge in [0.25, 0.3) is 0 Å². The molecule has 2 amide bonds. The highest BCUT2D eigenvalue weighted by Gasteiger charge is 2.36. The molecule has 0 spiro atoms. The number of aliphatic hydroxyl groups is 1. The van der Waals surface area contributed by atoms with Crippen LogP contribution in [-0.4, -0.2) is 23.8 Å². The van der Waals surface area contributed by atoms with E-state index in [9.17, 15) is 4.79 Å². The zero-order valence-corrected chi connectivity index (χ0v) is 5.00. The van der Waals surface area contributed by atoms with Crippen LogP contribution in [0.1, 0.15) is 6.42 Å². The molecule has 0 aromatic carbocycles. The second-order valence-corrected chi connectivity index (χ2v) is 2.29. The predicted molar refractivity (Wildman–Crippen MR) is 31.7 cm³/mol. The van der Waals surface area contributed by atoms with Crippen molar-refractivity contribution >= 4 is 6.03 Å². The largest absolute Gasteiger partial charge is 0.396 e. The first-order chi connectivity index (χ1) is 4.24. The van der Waals surface area contributed by atoms with E-state index in [0.29, 0.717) is 0 Å². The Bertz CT molecular complexity index is 126. The Balaban J connectivity index is 2.12. The maximum Gasteiger partial charge on any atom is 0.312 e. The molecule has 0 radical (unpaired) electrons. The van der Waals surface area contributed by atoms with Crippen molar-refractivity contribution in [2.45, 2.75) is 12.5 Å². The van der Waals surface area contributed by atoms with Gasteiger partial charge in [0.2, 0.25) is 0 Å². The van der Waals surface area contributed by atoms with Crippen LogP contribution in [0.5, 0.6) is 0 Å². The molecular weight excluding hydrogens is 120 g/mol. The maximum absolute atomic E-state index is 10.1. The minimum absolute atomic E-state index is 0.132. The van der Waals surface area contributed by atoms with Crippen LogP contribution < -0.4 is 11.1 Å². The smallest absolute Gasteiger partial charge is 0.312 e. The van der Waals surface area contributed by atoms with Gasteiger partial charge in [0.15, 0.2) is 0 Å². The average molecular weight is 130 g/mol. The summed E-state index contributed by atoms with van der Waals surface area (Å²) in [7, 11) is 0. The fourth-order valence-corrected chi connectivity index (χ4v) is 0.809. The van der Waals surface area contributed by atoms with Crippen molar-refractivity contribution in [2.24, 2.45) is 11.7 Å². The minimum Gasteiger partial charge on any atom is -0.396 e. The number of hydrogen-bond donors (Lipinski definition) is 3. The summed E-state index contributed by atoms with van der Waals surface area (Å²) in [6.45, 7) is 0.144. The van der Waals surface area contributed by atoms with Gasteiger partial charge in [-0.05, 0) is 6.42 Å². The lowest BCUT2D eigenvalue weighted by Crippen LogP contribution is -2.32. The van der Waals surface area contributed by atoms with Crippen LogP contribution in [0.2, 0.25) is 0 Å². The van der Waals surface area contributed by atoms with Gasteiger partial charge in [-0.1, -0.05) is 0 Å². The van der Waals surface area contributed by atoms with Crippen LogP contribution in [-0.2, 0) is 0 Å². The van der Waals surface area contributed by atoms with Crippen molar-refractivity contribution < 1.29 is 9.90 Å². The van der Waals surface area contributed by atoms with Crippen molar-refractivity contribution in [1.29, 1.82) is 0 Å². The van der Waals surface area contributed by atoms with Crippen molar-refractivity contribution in [2.75, 3.05) is 6.61 Å². The van der Waals surface area contributed by atoms with Gasteiger partial charge in [-0.3, -0.25) is 0 Å². The summed E-state index contributed by atoms with van der Waals surface area (Å²) in [5.41, 5.74) is 4.82. The fraction of sp³-hybridized carbons (Fsp3) is 0.800. The molecule has 1 aliphatic carbocycles. The molecular formula is C5H10N2O2. The molecule has 2 atom stereocenters. The Labute approximate surface area is 53.0 Å². The molecule has 0 saturated heterocycles. The second-order valence-electron chi connectivity index (χ2n) is 2.29. The van der Waals surface area contributed by atoms with Gasteiger partial charge >= 0.3 is 6.03 Å². The standard InChI is InChI=1S/C5H10N2O2/c6-5(9)7-4-1-3(4)2-8/h3-4,8H,1-2H2,(H3,6,7,9)/t3-,4-/m0/s1. The van der Waals surface area contributed by atoms with Gasteiger partial charge in [0.1, 0.15) is 0 Å². The van der Waals surface area contributed by atoms with E-state index in [1.165, 1.54) is 0 Å². The lowest BCUT2D eigenvalue weighted by Gasteiger charge is -1.95. The minimum atomic E-state index is -0.504. The first-order valence-electron chi connectivity index (χ1n) is 2.91. The highest BCUT2D eigenvalue weighted by atomic mass is 16.3. The Kier molecular flexibility index (Phi) is 1.57. The summed E-state index contributed by atoms with van der Waals surface area (Å²) in [6.07, 6.45) is 0.861. The number of nitrogens with one attached hydrogen (secondary N) is 1. The molecule has 1 rings (SSSR count). The summed E-state index contributed by atoms with van der Waals surface area (Å²) >= 11 is 0. The third-order valence-corrected chi connectivity index (χ3v) is 1.48. The molecule has 4 heteroatoms. The topological polar surface area (TPSA) is 75.4 Å². The van der Waals surface area contributed by atoms with Crippen LogP contribution in [0.15, 0.2) is 0 Å². The molecule has 0 aromatic rings. The Hall–Kier alpha value is -0.770. The van der Waals surface area contributed by atoms with Crippen LogP contribution in [0, 0.1) is 5.92 Å². The third kappa shape index (κ3) is 1.57. The van der Waals surface area contributed by atoms with E-state index in [1.54, 1.807) is 0 Å². The van der Waals surface area contributed by atoms with E-state index in [-0.39, 0.29) is 18.6 Å². The number of primary amides is 1. The highest BCUT2D eigenvalue weighted by Crippen LogP contribution is 2.28. The molecule has 1 aliphatic rings. The summed E-state index contributed by atoms with van der Waals surface area (Å²) in [6, 6.07) is -0.372. The van der Waals surface area contributed by atoms with E-state index in [0.717, 1.165) is 6.42 Å². The number of urea groups is 1. The zero-order chi connectivity index (χ0) is 6.85. The van der Waals surface area contributed by atoms with E-state index in [1.807, 2.05) is 0 Å². The van der Waals surface area contributed by atoms with Crippen LogP contribution in [0.25, 0.3) is 0 Å².